The molecule has 0 heterocycles. The van der Waals surface area contributed by atoms with E-state index in [0.29, 0.717) is 11.1 Å². The van der Waals surface area contributed by atoms with Gasteiger partial charge in [0, 0.05) is 6.04 Å². The molecular formula is C16H21Cl2N. The van der Waals surface area contributed by atoms with Crippen molar-refractivity contribution in [2.75, 3.05) is 6.54 Å². The van der Waals surface area contributed by atoms with Crippen LogP contribution in [0.5, 0.6) is 0 Å². The average molecular weight is 298 g/mol. The molecule has 1 N–H and O–H groups in total. The van der Waals surface area contributed by atoms with Crippen molar-refractivity contribution in [3.63, 3.8) is 0 Å². The van der Waals surface area contributed by atoms with E-state index in [1.54, 1.807) is 0 Å². The van der Waals surface area contributed by atoms with E-state index < -0.39 is 0 Å². The third-order valence-electron chi connectivity index (χ3n) is 4.96. The minimum Gasteiger partial charge on any atom is -0.310 e. The number of hydrogen-bond donors (Lipinski definition) is 1. The summed E-state index contributed by atoms with van der Waals surface area (Å²) in [6.07, 6.45) is 5.61. The van der Waals surface area contributed by atoms with Gasteiger partial charge in [0.2, 0.25) is 0 Å². The van der Waals surface area contributed by atoms with E-state index in [1.807, 2.05) is 12.1 Å². The molecule has 19 heavy (non-hydrogen) atoms. The lowest BCUT2D eigenvalue weighted by atomic mass is 9.80. The van der Waals surface area contributed by atoms with Crippen molar-refractivity contribution in [1.82, 2.24) is 5.32 Å². The van der Waals surface area contributed by atoms with E-state index in [1.165, 1.54) is 31.2 Å². The first-order valence-corrected chi connectivity index (χ1v) is 8.13. The van der Waals surface area contributed by atoms with Gasteiger partial charge in [-0.05, 0) is 55.2 Å². The highest BCUT2D eigenvalue weighted by molar-refractivity contribution is 6.42. The molecule has 2 bridgehead atoms. The highest BCUT2D eigenvalue weighted by atomic mass is 35.5. The van der Waals surface area contributed by atoms with Crippen LogP contribution in [0.3, 0.4) is 0 Å². The van der Waals surface area contributed by atoms with Crippen LogP contribution in [0.1, 0.15) is 44.2 Å². The summed E-state index contributed by atoms with van der Waals surface area (Å²) >= 11 is 12.6. The summed E-state index contributed by atoms with van der Waals surface area (Å²) < 4.78 is 0. The first-order chi connectivity index (χ1) is 9.20. The molecule has 3 heteroatoms. The maximum Gasteiger partial charge on any atom is 0.0640 e. The van der Waals surface area contributed by atoms with Crippen molar-refractivity contribution >= 4 is 23.2 Å². The zero-order valence-corrected chi connectivity index (χ0v) is 12.8. The zero-order valence-electron chi connectivity index (χ0n) is 11.3. The Labute approximate surface area is 125 Å². The third-order valence-corrected chi connectivity index (χ3v) is 5.80. The lowest BCUT2D eigenvalue weighted by Crippen LogP contribution is -2.31. The molecule has 1 aromatic carbocycles. The number of hydrogen-bond acceptors (Lipinski definition) is 1. The van der Waals surface area contributed by atoms with Gasteiger partial charge in [0.05, 0.1) is 10.0 Å². The van der Waals surface area contributed by atoms with Crippen LogP contribution in [0.25, 0.3) is 0 Å². The minimum atomic E-state index is 0.367. The van der Waals surface area contributed by atoms with E-state index in [0.717, 1.165) is 29.3 Å². The summed E-state index contributed by atoms with van der Waals surface area (Å²) in [6, 6.07) is 6.39. The second-order valence-corrected chi connectivity index (χ2v) is 6.80. The van der Waals surface area contributed by atoms with Crippen LogP contribution in [0.15, 0.2) is 18.2 Å². The Kier molecular flexibility index (Phi) is 4.07. The molecule has 3 rings (SSSR count). The highest BCUT2D eigenvalue weighted by Gasteiger charge is 2.43. The molecule has 1 nitrogen and oxygen atoms in total. The van der Waals surface area contributed by atoms with Crippen LogP contribution in [0.2, 0.25) is 10.0 Å². The van der Waals surface area contributed by atoms with E-state index in [2.05, 4.69) is 18.3 Å². The van der Waals surface area contributed by atoms with Gasteiger partial charge in [-0.25, -0.2) is 0 Å². The molecule has 2 saturated carbocycles. The molecule has 0 amide bonds. The number of fused-ring (bicyclic) bond motifs is 2. The summed E-state index contributed by atoms with van der Waals surface area (Å²) in [4.78, 5) is 0. The average Bonchev–Trinajstić information content (AvgIpc) is 3.02. The van der Waals surface area contributed by atoms with Crippen LogP contribution >= 0.6 is 23.2 Å². The Morgan fingerprint density at radius 1 is 1.26 bits per heavy atom. The van der Waals surface area contributed by atoms with Gasteiger partial charge >= 0.3 is 0 Å². The quantitative estimate of drug-likeness (QED) is 0.817. The van der Waals surface area contributed by atoms with Crippen LogP contribution in [0, 0.1) is 17.8 Å². The van der Waals surface area contributed by atoms with Crippen LogP contribution in [-0.2, 0) is 0 Å². The summed E-state index contributed by atoms with van der Waals surface area (Å²) in [6.45, 7) is 3.14. The van der Waals surface area contributed by atoms with Crippen molar-refractivity contribution in [2.45, 2.75) is 38.6 Å². The number of halogens is 2. The van der Waals surface area contributed by atoms with Crippen molar-refractivity contribution in [3.8, 4) is 0 Å². The summed E-state index contributed by atoms with van der Waals surface area (Å²) in [5.74, 6) is 2.56. The smallest absolute Gasteiger partial charge is 0.0640 e. The molecule has 0 aromatic heterocycles. The number of nitrogens with one attached hydrogen (secondary N) is 1. The van der Waals surface area contributed by atoms with Crippen molar-refractivity contribution in [1.29, 1.82) is 0 Å². The topological polar surface area (TPSA) is 12.0 Å². The molecule has 4 unspecified atom stereocenters. The van der Waals surface area contributed by atoms with Gasteiger partial charge < -0.3 is 5.32 Å². The predicted molar refractivity (Wildman–Crippen MR) is 81.8 cm³/mol. The number of rotatable bonds is 4. The Morgan fingerprint density at radius 2 is 2.11 bits per heavy atom. The highest BCUT2D eigenvalue weighted by Crippen LogP contribution is 2.53. The summed E-state index contributed by atoms with van der Waals surface area (Å²) in [7, 11) is 0. The zero-order chi connectivity index (χ0) is 13.4. The molecule has 2 aliphatic rings. The second-order valence-electron chi connectivity index (χ2n) is 6.02. The molecule has 0 aliphatic heterocycles. The predicted octanol–water partition coefficient (Wildman–Crippen LogP) is 5.08. The molecule has 4 atom stereocenters. The Bertz CT molecular complexity index is 460. The van der Waals surface area contributed by atoms with E-state index in [9.17, 15) is 0 Å². The molecule has 104 valence electrons. The second kappa shape index (κ2) is 5.63. The van der Waals surface area contributed by atoms with Gasteiger partial charge in [-0.1, -0.05) is 48.7 Å². The minimum absolute atomic E-state index is 0.367. The molecule has 0 saturated heterocycles. The fourth-order valence-electron chi connectivity index (χ4n) is 4.17. The summed E-state index contributed by atoms with van der Waals surface area (Å²) in [5, 5.41) is 5.06. The molecule has 2 aliphatic carbocycles. The molecule has 2 fully saturated rings. The maximum atomic E-state index is 6.43. The van der Waals surface area contributed by atoms with Gasteiger partial charge in [0.15, 0.2) is 0 Å². The lowest BCUT2D eigenvalue weighted by Gasteiger charge is -2.32. The Hall–Kier alpha value is -0.240. The van der Waals surface area contributed by atoms with Crippen LogP contribution < -0.4 is 5.32 Å². The normalized spacial score (nSPS) is 30.8. The molecule has 1 aromatic rings. The third kappa shape index (κ3) is 2.53. The van der Waals surface area contributed by atoms with Gasteiger partial charge in [-0.15, -0.1) is 0 Å². The van der Waals surface area contributed by atoms with E-state index >= 15 is 0 Å². The van der Waals surface area contributed by atoms with Gasteiger partial charge in [-0.3, -0.25) is 0 Å². The molecular weight excluding hydrogens is 277 g/mol. The van der Waals surface area contributed by atoms with E-state index in [-0.39, 0.29) is 0 Å². The maximum absolute atomic E-state index is 6.43. The van der Waals surface area contributed by atoms with Gasteiger partial charge in [0.1, 0.15) is 0 Å². The van der Waals surface area contributed by atoms with Crippen LogP contribution in [-0.4, -0.2) is 6.54 Å². The standard InChI is InChI=1S/C16H21Cl2N/c1-2-19-16(12-4-3-5-14(17)15(12)18)13-9-10-6-7-11(13)8-10/h3-5,10-11,13,16,19H,2,6-9H2,1H3. The molecule has 0 radical (unpaired) electrons. The Morgan fingerprint density at radius 3 is 2.74 bits per heavy atom. The fraction of sp³-hybridized carbons (Fsp3) is 0.625. The van der Waals surface area contributed by atoms with Crippen molar-refractivity contribution in [3.05, 3.63) is 33.8 Å². The van der Waals surface area contributed by atoms with Gasteiger partial charge in [0.25, 0.3) is 0 Å². The monoisotopic (exact) mass is 297 g/mol. The van der Waals surface area contributed by atoms with Crippen LogP contribution in [0.4, 0.5) is 0 Å². The van der Waals surface area contributed by atoms with Gasteiger partial charge in [-0.2, -0.15) is 0 Å². The first-order valence-electron chi connectivity index (χ1n) is 7.38. The molecule has 0 spiro atoms. The van der Waals surface area contributed by atoms with E-state index in [4.69, 9.17) is 23.2 Å². The largest absolute Gasteiger partial charge is 0.310 e. The Balaban J connectivity index is 1.90. The SMILES string of the molecule is CCNC(c1cccc(Cl)c1Cl)C1CC2CCC1C2. The first kappa shape index (κ1) is 13.7. The van der Waals surface area contributed by atoms with Crippen molar-refractivity contribution < 1.29 is 0 Å². The van der Waals surface area contributed by atoms with Crippen molar-refractivity contribution in [2.24, 2.45) is 17.8 Å². The lowest BCUT2D eigenvalue weighted by molar-refractivity contribution is 0.253. The fourth-order valence-corrected chi connectivity index (χ4v) is 4.60. The number of benzene rings is 1. The summed E-state index contributed by atoms with van der Waals surface area (Å²) in [5.41, 5.74) is 1.19.